The molecular weight excluding hydrogens is 260 g/mol. The maximum Gasteiger partial charge on any atom is 0.320 e. The van der Waals surface area contributed by atoms with Crippen LogP contribution in [0.1, 0.15) is 19.6 Å². The second kappa shape index (κ2) is 5.51. The van der Waals surface area contributed by atoms with E-state index in [2.05, 4.69) is 5.32 Å². The lowest BCUT2D eigenvalue weighted by Crippen LogP contribution is -2.40. The number of primary sulfonamides is 1. The van der Waals surface area contributed by atoms with Crippen LogP contribution in [0.3, 0.4) is 0 Å². The van der Waals surface area contributed by atoms with Gasteiger partial charge in [0.25, 0.3) is 10.0 Å². The van der Waals surface area contributed by atoms with Crippen LogP contribution in [0.4, 0.5) is 0 Å². The van der Waals surface area contributed by atoms with Crippen molar-refractivity contribution >= 4 is 16.0 Å². The van der Waals surface area contributed by atoms with Gasteiger partial charge in [0, 0.05) is 0 Å². The monoisotopic (exact) mass is 276 g/mol. The fourth-order valence-electron chi connectivity index (χ4n) is 1.42. The number of aliphatic carboxylic acids is 1. The predicted octanol–water partition coefficient (Wildman–Crippen LogP) is 0.126. The number of furan rings is 1. The SMILES string of the molecule is CC(C)C(NCc1ccc(S(N)(=O)=O)o1)C(=O)O. The number of sulfonamides is 1. The summed E-state index contributed by atoms with van der Waals surface area (Å²) in [5.74, 6) is -0.760. The number of carboxylic acid groups (broad SMARTS) is 1. The maximum absolute atomic E-state index is 11.0. The Kier molecular flexibility index (Phi) is 4.49. The first-order valence-electron chi connectivity index (χ1n) is 5.29. The lowest BCUT2D eigenvalue weighted by molar-refractivity contribution is -0.140. The van der Waals surface area contributed by atoms with Crippen molar-refractivity contribution < 1.29 is 22.7 Å². The first-order chi connectivity index (χ1) is 8.21. The molecule has 0 aliphatic heterocycles. The van der Waals surface area contributed by atoms with Crippen LogP contribution in [-0.4, -0.2) is 25.5 Å². The molecule has 1 atom stereocenters. The van der Waals surface area contributed by atoms with E-state index in [4.69, 9.17) is 14.7 Å². The van der Waals surface area contributed by atoms with Crippen LogP contribution in [0.2, 0.25) is 0 Å². The normalized spacial score (nSPS) is 13.8. The van der Waals surface area contributed by atoms with E-state index in [0.29, 0.717) is 5.76 Å². The molecule has 0 aliphatic rings. The number of nitrogens with one attached hydrogen (secondary N) is 1. The number of carboxylic acids is 1. The Bertz CT molecular complexity index is 520. The third-order valence-corrected chi connectivity index (χ3v) is 3.13. The van der Waals surface area contributed by atoms with Crippen LogP contribution in [0.15, 0.2) is 21.6 Å². The Balaban J connectivity index is 2.69. The van der Waals surface area contributed by atoms with Crippen molar-refractivity contribution in [2.45, 2.75) is 31.5 Å². The molecule has 0 amide bonds. The molecule has 0 aliphatic carbocycles. The molecule has 0 saturated carbocycles. The average Bonchev–Trinajstić information content (AvgIpc) is 2.64. The first kappa shape index (κ1) is 14.7. The molecule has 102 valence electrons. The summed E-state index contributed by atoms with van der Waals surface area (Å²) >= 11 is 0. The molecule has 0 fully saturated rings. The molecule has 1 aromatic heterocycles. The number of hydrogen-bond donors (Lipinski definition) is 3. The van der Waals surface area contributed by atoms with Gasteiger partial charge < -0.3 is 9.52 Å². The summed E-state index contributed by atoms with van der Waals surface area (Å²) in [6, 6.07) is 1.94. The molecule has 0 aromatic carbocycles. The van der Waals surface area contributed by atoms with Gasteiger partial charge in [-0.15, -0.1) is 0 Å². The third-order valence-electron chi connectivity index (χ3n) is 2.35. The van der Waals surface area contributed by atoms with Gasteiger partial charge in [-0.05, 0) is 18.1 Å². The molecular formula is C10H16N2O5S. The smallest absolute Gasteiger partial charge is 0.320 e. The van der Waals surface area contributed by atoms with Gasteiger partial charge in [0.15, 0.2) is 0 Å². The van der Waals surface area contributed by atoms with E-state index in [9.17, 15) is 13.2 Å². The summed E-state index contributed by atoms with van der Waals surface area (Å²) in [5, 5.41) is 16.3. The summed E-state index contributed by atoms with van der Waals surface area (Å²) in [7, 11) is -3.86. The van der Waals surface area contributed by atoms with Crippen molar-refractivity contribution in [1.29, 1.82) is 0 Å². The number of hydrogen-bond acceptors (Lipinski definition) is 5. The van der Waals surface area contributed by atoms with Crippen LogP contribution >= 0.6 is 0 Å². The molecule has 8 heteroatoms. The highest BCUT2D eigenvalue weighted by Crippen LogP contribution is 2.12. The zero-order valence-corrected chi connectivity index (χ0v) is 10.9. The molecule has 4 N–H and O–H groups in total. The van der Waals surface area contributed by atoms with Crippen molar-refractivity contribution in [2.24, 2.45) is 11.1 Å². The lowest BCUT2D eigenvalue weighted by atomic mass is 10.1. The minimum Gasteiger partial charge on any atom is -0.480 e. The molecule has 1 unspecified atom stereocenters. The molecule has 0 radical (unpaired) electrons. The summed E-state index contributed by atoms with van der Waals surface area (Å²) in [4.78, 5) is 10.9. The van der Waals surface area contributed by atoms with Crippen LogP contribution in [0.5, 0.6) is 0 Å². The molecule has 18 heavy (non-hydrogen) atoms. The van der Waals surface area contributed by atoms with Crippen LogP contribution < -0.4 is 10.5 Å². The first-order valence-corrected chi connectivity index (χ1v) is 6.84. The minimum atomic E-state index is -3.86. The van der Waals surface area contributed by atoms with E-state index in [0.717, 1.165) is 0 Å². The molecule has 1 heterocycles. The molecule has 1 rings (SSSR count). The Morgan fingerprint density at radius 2 is 2.11 bits per heavy atom. The largest absolute Gasteiger partial charge is 0.480 e. The van der Waals surface area contributed by atoms with Crippen molar-refractivity contribution in [3.05, 3.63) is 17.9 Å². The van der Waals surface area contributed by atoms with Crippen molar-refractivity contribution in [2.75, 3.05) is 0 Å². The Morgan fingerprint density at radius 3 is 2.50 bits per heavy atom. The summed E-state index contributed by atoms with van der Waals surface area (Å²) in [5.41, 5.74) is 0. The molecule has 0 saturated heterocycles. The van der Waals surface area contributed by atoms with Gasteiger partial charge in [-0.1, -0.05) is 13.8 Å². The van der Waals surface area contributed by atoms with Gasteiger partial charge in [-0.2, -0.15) is 0 Å². The Hall–Kier alpha value is -1.38. The summed E-state index contributed by atoms with van der Waals surface area (Å²) in [6.07, 6.45) is 0. The number of carbonyl (C=O) groups is 1. The fourth-order valence-corrected chi connectivity index (χ4v) is 1.91. The van der Waals surface area contributed by atoms with E-state index >= 15 is 0 Å². The summed E-state index contributed by atoms with van der Waals surface area (Å²) < 4.78 is 26.9. The third kappa shape index (κ3) is 3.83. The van der Waals surface area contributed by atoms with Gasteiger partial charge in [0.05, 0.1) is 6.54 Å². The van der Waals surface area contributed by atoms with Crippen LogP contribution in [0.25, 0.3) is 0 Å². The Morgan fingerprint density at radius 1 is 1.50 bits per heavy atom. The predicted molar refractivity (Wildman–Crippen MR) is 63.2 cm³/mol. The van der Waals surface area contributed by atoms with Gasteiger partial charge in [-0.25, -0.2) is 13.6 Å². The fraction of sp³-hybridized carbons (Fsp3) is 0.500. The van der Waals surface area contributed by atoms with E-state index in [1.165, 1.54) is 12.1 Å². The lowest BCUT2D eigenvalue weighted by Gasteiger charge is -2.16. The molecule has 0 spiro atoms. The highest BCUT2D eigenvalue weighted by Gasteiger charge is 2.21. The van der Waals surface area contributed by atoms with E-state index < -0.39 is 22.0 Å². The standard InChI is InChI=1S/C10H16N2O5S/c1-6(2)9(10(13)14)12-5-7-3-4-8(17-7)18(11,15)16/h3-4,6,9,12H,5H2,1-2H3,(H,13,14)(H2,11,15,16). The van der Waals surface area contributed by atoms with Gasteiger partial charge in [0.1, 0.15) is 11.8 Å². The number of nitrogens with two attached hydrogens (primary N) is 1. The minimum absolute atomic E-state index is 0.102. The highest BCUT2D eigenvalue weighted by molar-refractivity contribution is 7.89. The van der Waals surface area contributed by atoms with Crippen molar-refractivity contribution in [3.63, 3.8) is 0 Å². The quantitative estimate of drug-likeness (QED) is 0.678. The van der Waals surface area contributed by atoms with E-state index in [1.807, 2.05) is 0 Å². The van der Waals surface area contributed by atoms with E-state index in [1.54, 1.807) is 13.8 Å². The summed E-state index contributed by atoms with van der Waals surface area (Å²) in [6.45, 7) is 3.65. The van der Waals surface area contributed by atoms with Gasteiger partial charge >= 0.3 is 5.97 Å². The van der Waals surface area contributed by atoms with Crippen LogP contribution in [-0.2, 0) is 21.4 Å². The van der Waals surface area contributed by atoms with Crippen molar-refractivity contribution in [1.82, 2.24) is 5.32 Å². The van der Waals surface area contributed by atoms with Gasteiger partial charge in [-0.3, -0.25) is 10.1 Å². The molecule has 1 aromatic rings. The maximum atomic E-state index is 11.0. The second-order valence-electron chi connectivity index (χ2n) is 4.21. The molecule has 7 nitrogen and oxygen atoms in total. The average molecular weight is 276 g/mol. The zero-order chi connectivity index (χ0) is 13.9. The highest BCUT2D eigenvalue weighted by atomic mass is 32.2. The van der Waals surface area contributed by atoms with Crippen molar-refractivity contribution in [3.8, 4) is 0 Å². The zero-order valence-electron chi connectivity index (χ0n) is 10.1. The van der Waals surface area contributed by atoms with Crippen LogP contribution in [0, 0.1) is 5.92 Å². The van der Waals surface area contributed by atoms with Gasteiger partial charge in [0.2, 0.25) is 5.09 Å². The number of rotatable bonds is 6. The Labute approximate surface area is 105 Å². The second-order valence-corrected chi connectivity index (χ2v) is 5.70. The molecule has 0 bridgehead atoms. The van der Waals surface area contributed by atoms with E-state index in [-0.39, 0.29) is 17.6 Å². The topological polar surface area (TPSA) is 123 Å².